The van der Waals surface area contributed by atoms with Crippen molar-refractivity contribution < 1.29 is 4.79 Å². The van der Waals surface area contributed by atoms with Gasteiger partial charge < -0.3 is 5.32 Å². The van der Waals surface area contributed by atoms with Crippen molar-refractivity contribution in [2.75, 3.05) is 6.54 Å². The molecule has 2 aromatic carbocycles. The molecule has 1 amide bonds. The number of aryl methyl sites for hydroxylation is 2. The van der Waals surface area contributed by atoms with Gasteiger partial charge in [-0.25, -0.2) is 9.67 Å². The fraction of sp³-hybridized carbons (Fsp3) is 0.217. The minimum absolute atomic E-state index is 0.140. The van der Waals surface area contributed by atoms with Gasteiger partial charge in [0.15, 0.2) is 5.52 Å². The number of nitrogens with zero attached hydrogens (tertiary/aromatic N) is 3. The lowest BCUT2D eigenvalue weighted by Crippen LogP contribution is -2.35. The van der Waals surface area contributed by atoms with E-state index < -0.39 is 0 Å². The summed E-state index contributed by atoms with van der Waals surface area (Å²) in [5.74, 6) is -0.248. The van der Waals surface area contributed by atoms with Crippen LogP contribution in [0.1, 0.15) is 16.1 Å². The van der Waals surface area contributed by atoms with Crippen molar-refractivity contribution in [3.8, 4) is 11.3 Å². The largest absolute Gasteiger partial charge is 0.354 e. The van der Waals surface area contributed by atoms with Gasteiger partial charge in [0, 0.05) is 12.1 Å². The molecule has 2 heterocycles. The summed E-state index contributed by atoms with van der Waals surface area (Å²) in [6.07, 6.45) is 0.730. The van der Waals surface area contributed by atoms with Crippen molar-refractivity contribution in [3.05, 3.63) is 81.1 Å². The van der Waals surface area contributed by atoms with Crippen LogP contribution in [0.3, 0.4) is 0 Å². The third-order valence-corrected chi connectivity index (χ3v) is 5.78. The van der Waals surface area contributed by atoms with Gasteiger partial charge in [0.25, 0.3) is 5.56 Å². The van der Waals surface area contributed by atoms with E-state index in [1.54, 1.807) is 0 Å². The van der Waals surface area contributed by atoms with Crippen molar-refractivity contribution >= 4 is 27.5 Å². The minimum Gasteiger partial charge on any atom is -0.354 e. The van der Waals surface area contributed by atoms with Crippen LogP contribution in [0.25, 0.3) is 21.5 Å². The number of fused-ring (bicyclic) bond motifs is 1. The predicted octanol–water partition coefficient (Wildman–Crippen LogP) is 3.50. The normalized spacial score (nSPS) is 11.0. The van der Waals surface area contributed by atoms with Gasteiger partial charge in [0.2, 0.25) is 5.91 Å². The molecule has 1 N–H and O–H groups in total. The van der Waals surface area contributed by atoms with Gasteiger partial charge in [0.05, 0.1) is 9.71 Å². The lowest BCUT2D eigenvalue weighted by atomic mass is 10.1. The third kappa shape index (κ3) is 4.31. The van der Waals surface area contributed by atoms with Crippen LogP contribution in [0.2, 0.25) is 0 Å². The summed E-state index contributed by atoms with van der Waals surface area (Å²) < 4.78 is 1.97. The fourth-order valence-electron chi connectivity index (χ4n) is 3.26. The first kappa shape index (κ1) is 20.0. The summed E-state index contributed by atoms with van der Waals surface area (Å²) in [6.45, 7) is 4.24. The summed E-state index contributed by atoms with van der Waals surface area (Å²) in [4.78, 5) is 29.7. The van der Waals surface area contributed by atoms with Gasteiger partial charge in [-0.05, 0) is 25.8 Å². The number of hydrogen-bond donors (Lipinski definition) is 1. The van der Waals surface area contributed by atoms with E-state index in [1.165, 1.54) is 16.0 Å². The van der Waals surface area contributed by atoms with E-state index in [-0.39, 0.29) is 18.0 Å². The highest BCUT2D eigenvalue weighted by Crippen LogP contribution is 2.29. The second kappa shape index (κ2) is 8.59. The SMILES string of the molecule is Cc1ccc(-c2nn(CC(=O)NCCc3ccccc3)c(=O)c3nc(C)sc23)cc1. The molecule has 2 aromatic heterocycles. The van der Waals surface area contributed by atoms with Crippen LogP contribution in [0.5, 0.6) is 0 Å². The summed E-state index contributed by atoms with van der Waals surface area (Å²) >= 11 is 1.44. The average molecular weight is 419 g/mol. The molecule has 0 aliphatic heterocycles. The van der Waals surface area contributed by atoms with Crippen LogP contribution in [-0.2, 0) is 17.8 Å². The van der Waals surface area contributed by atoms with E-state index >= 15 is 0 Å². The summed E-state index contributed by atoms with van der Waals surface area (Å²) in [5, 5.41) is 8.20. The summed E-state index contributed by atoms with van der Waals surface area (Å²) in [7, 11) is 0. The van der Waals surface area contributed by atoms with Crippen molar-refractivity contribution in [1.29, 1.82) is 0 Å². The second-order valence-corrected chi connectivity index (χ2v) is 8.38. The molecule has 7 heteroatoms. The van der Waals surface area contributed by atoms with E-state index in [0.29, 0.717) is 17.8 Å². The lowest BCUT2D eigenvalue weighted by molar-refractivity contribution is -0.121. The quantitative estimate of drug-likeness (QED) is 0.520. The molecule has 0 radical (unpaired) electrons. The molecule has 0 saturated carbocycles. The van der Waals surface area contributed by atoms with Crippen LogP contribution in [0, 0.1) is 13.8 Å². The molecule has 0 fully saturated rings. The highest BCUT2D eigenvalue weighted by atomic mass is 32.1. The number of aromatic nitrogens is 3. The lowest BCUT2D eigenvalue weighted by Gasteiger charge is -2.10. The van der Waals surface area contributed by atoms with Gasteiger partial charge >= 0.3 is 0 Å². The maximum atomic E-state index is 12.9. The Hall–Kier alpha value is -3.32. The number of rotatable bonds is 6. The molecule has 0 bridgehead atoms. The number of amides is 1. The summed E-state index contributed by atoms with van der Waals surface area (Å²) in [6, 6.07) is 17.9. The van der Waals surface area contributed by atoms with E-state index in [0.717, 1.165) is 32.8 Å². The number of benzene rings is 2. The molecule has 152 valence electrons. The molecule has 0 atom stereocenters. The monoisotopic (exact) mass is 418 g/mol. The first-order valence-corrected chi connectivity index (χ1v) is 10.6. The summed E-state index contributed by atoms with van der Waals surface area (Å²) in [5.41, 5.74) is 3.87. The average Bonchev–Trinajstić information content (AvgIpc) is 3.14. The molecule has 0 unspecified atom stereocenters. The number of nitrogens with one attached hydrogen (secondary N) is 1. The standard InChI is InChI=1S/C23H22N4O2S/c1-15-8-10-18(11-9-15)20-22-21(25-16(2)30-22)23(29)27(26-20)14-19(28)24-13-12-17-6-4-3-5-7-17/h3-11H,12-14H2,1-2H3,(H,24,28). The van der Waals surface area contributed by atoms with Gasteiger partial charge in [0.1, 0.15) is 12.2 Å². The highest BCUT2D eigenvalue weighted by Gasteiger charge is 2.17. The zero-order valence-electron chi connectivity index (χ0n) is 16.9. The Morgan fingerprint density at radius 3 is 2.53 bits per heavy atom. The molecule has 6 nitrogen and oxygen atoms in total. The maximum absolute atomic E-state index is 12.9. The Morgan fingerprint density at radius 2 is 1.80 bits per heavy atom. The number of carbonyl (C=O) groups is 1. The maximum Gasteiger partial charge on any atom is 0.294 e. The smallest absolute Gasteiger partial charge is 0.294 e. The Morgan fingerprint density at radius 1 is 1.07 bits per heavy atom. The Bertz CT molecular complexity index is 1240. The van der Waals surface area contributed by atoms with Gasteiger partial charge in [-0.1, -0.05) is 60.2 Å². The van der Waals surface area contributed by atoms with E-state index in [9.17, 15) is 9.59 Å². The highest BCUT2D eigenvalue weighted by molar-refractivity contribution is 7.19. The van der Waals surface area contributed by atoms with E-state index in [1.807, 2.05) is 68.4 Å². The van der Waals surface area contributed by atoms with Gasteiger partial charge in [-0.2, -0.15) is 5.10 Å². The van der Waals surface area contributed by atoms with Crippen molar-refractivity contribution in [2.45, 2.75) is 26.8 Å². The Balaban J connectivity index is 1.59. The molecular weight excluding hydrogens is 396 g/mol. The van der Waals surface area contributed by atoms with Crippen LogP contribution >= 0.6 is 11.3 Å². The van der Waals surface area contributed by atoms with Gasteiger partial charge in [-0.15, -0.1) is 11.3 Å². The Labute approximate surface area is 178 Å². The molecule has 4 aromatic rings. The van der Waals surface area contributed by atoms with Crippen molar-refractivity contribution in [2.24, 2.45) is 0 Å². The molecule has 0 aliphatic carbocycles. The Kier molecular flexibility index (Phi) is 5.72. The number of hydrogen-bond acceptors (Lipinski definition) is 5. The van der Waals surface area contributed by atoms with E-state index in [2.05, 4.69) is 15.4 Å². The zero-order valence-corrected chi connectivity index (χ0v) is 17.7. The van der Waals surface area contributed by atoms with Crippen LogP contribution in [-0.4, -0.2) is 27.2 Å². The van der Waals surface area contributed by atoms with Crippen molar-refractivity contribution in [1.82, 2.24) is 20.1 Å². The molecule has 30 heavy (non-hydrogen) atoms. The molecular formula is C23H22N4O2S. The first-order chi connectivity index (χ1) is 14.5. The second-order valence-electron chi connectivity index (χ2n) is 7.17. The topological polar surface area (TPSA) is 76.9 Å². The van der Waals surface area contributed by atoms with E-state index in [4.69, 9.17) is 0 Å². The van der Waals surface area contributed by atoms with Crippen LogP contribution < -0.4 is 10.9 Å². The first-order valence-electron chi connectivity index (χ1n) is 9.77. The molecule has 0 saturated heterocycles. The fourth-order valence-corrected chi connectivity index (χ4v) is 4.17. The molecule has 0 aliphatic rings. The number of carbonyl (C=O) groups excluding carboxylic acids is 1. The molecule has 0 spiro atoms. The zero-order chi connectivity index (χ0) is 21.1. The van der Waals surface area contributed by atoms with Gasteiger partial charge in [-0.3, -0.25) is 9.59 Å². The third-order valence-electron chi connectivity index (χ3n) is 4.80. The number of thiazole rings is 1. The van der Waals surface area contributed by atoms with Crippen LogP contribution in [0.15, 0.2) is 59.4 Å². The van der Waals surface area contributed by atoms with Crippen molar-refractivity contribution in [3.63, 3.8) is 0 Å². The predicted molar refractivity (Wildman–Crippen MR) is 120 cm³/mol. The molecule has 4 rings (SSSR count). The van der Waals surface area contributed by atoms with Crippen LogP contribution in [0.4, 0.5) is 0 Å². The minimum atomic E-state index is -0.344.